The SMILES string of the molecule is C=NN(CC(=O)O)Nc1ccc(C)cc1. The van der Waals surface area contributed by atoms with E-state index in [1.54, 1.807) is 0 Å². The van der Waals surface area contributed by atoms with Crippen LogP contribution in [0.5, 0.6) is 0 Å². The van der Waals surface area contributed by atoms with Gasteiger partial charge in [0.2, 0.25) is 0 Å². The predicted octanol–water partition coefficient (Wildman–Crippen LogP) is 1.32. The Morgan fingerprint density at radius 2 is 2.13 bits per heavy atom. The maximum atomic E-state index is 10.4. The van der Waals surface area contributed by atoms with Gasteiger partial charge in [0.15, 0.2) is 6.54 Å². The molecule has 0 saturated heterocycles. The molecule has 2 N–H and O–H groups in total. The van der Waals surface area contributed by atoms with Gasteiger partial charge in [-0.05, 0) is 19.1 Å². The Hall–Kier alpha value is -2.04. The largest absolute Gasteiger partial charge is 0.480 e. The smallest absolute Gasteiger partial charge is 0.327 e. The average Bonchev–Trinajstić information content (AvgIpc) is 2.19. The number of benzene rings is 1. The van der Waals surface area contributed by atoms with E-state index in [1.165, 1.54) is 0 Å². The van der Waals surface area contributed by atoms with Crippen LogP contribution in [0.3, 0.4) is 0 Å². The van der Waals surface area contributed by atoms with E-state index in [-0.39, 0.29) is 6.54 Å². The summed E-state index contributed by atoms with van der Waals surface area (Å²) < 4.78 is 0. The van der Waals surface area contributed by atoms with Gasteiger partial charge in [-0.2, -0.15) is 10.2 Å². The number of carbonyl (C=O) groups is 1. The number of anilines is 1. The molecule has 0 heterocycles. The van der Waals surface area contributed by atoms with Gasteiger partial charge in [0, 0.05) is 6.72 Å². The van der Waals surface area contributed by atoms with E-state index in [0.29, 0.717) is 0 Å². The molecule has 0 spiro atoms. The van der Waals surface area contributed by atoms with Crippen LogP contribution >= 0.6 is 0 Å². The molecule has 5 nitrogen and oxygen atoms in total. The first-order valence-electron chi connectivity index (χ1n) is 4.41. The van der Waals surface area contributed by atoms with Gasteiger partial charge in [-0.25, -0.2) is 0 Å². The third kappa shape index (κ3) is 3.68. The quantitative estimate of drug-likeness (QED) is 0.564. The van der Waals surface area contributed by atoms with E-state index in [2.05, 4.69) is 17.2 Å². The molecule has 0 amide bonds. The lowest BCUT2D eigenvalue weighted by atomic mass is 10.2. The minimum atomic E-state index is -0.970. The molecule has 0 aliphatic carbocycles. The monoisotopic (exact) mass is 207 g/mol. The number of carboxylic acids is 1. The zero-order valence-electron chi connectivity index (χ0n) is 8.47. The summed E-state index contributed by atoms with van der Waals surface area (Å²) in [7, 11) is 0. The summed E-state index contributed by atoms with van der Waals surface area (Å²) in [6, 6.07) is 7.53. The van der Waals surface area contributed by atoms with Crippen molar-refractivity contribution >= 4 is 18.4 Å². The van der Waals surface area contributed by atoms with Gasteiger partial charge in [0.25, 0.3) is 0 Å². The van der Waals surface area contributed by atoms with Crippen LogP contribution < -0.4 is 5.43 Å². The molecule has 0 unspecified atom stereocenters. The summed E-state index contributed by atoms with van der Waals surface area (Å²) >= 11 is 0. The van der Waals surface area contributed by atoms with Gasteiger partial charge in [-0.3, -0.25) is 10.2 Å². The number of aliphatic carboxylic acids is 1. The standard InChI is InChI=1S/C10H13N3O2/c1-8-3-5-9(6-4-8)12-13(11-2)7-10(14)15/h3-6,12H,2,7H2,1H3,(H,14,15). The third-order valence-electron chi connectivity index (χ3n) is 1.77. The number of nitrogens with zero attached hydrogens (tertiary/aromatic N) is 2. The van der Waals surface area contributed by atoms with Crippen LogP contribution in [0.15, 0.2) is 29.4 Å². The van der Waals surface area contributed by atoms with Gasteiger partial charge < -0.3 is 5.11 Å². The van der Waals surface area contributed by atoms with Gasteiger partial charge >= 0.3 is 5.97 Å². The zero-order chi connectivity index (χ0) is 11.3. The number of hydrazone groups is 1. The number of hydrazine groups is 1. The Labute approximate surface area is 88.0 Å². The fraction of sp³-hybridized carbons (Fsp3) is 0.200. The van der Waals surface area contributed by atoms with Crippen LogP contribution in [0.4, 0.5) is 5.69 Å². The molecule has 1 aromatic carbocycles. The molecule has 0 saturated carbocycles. The fourth-order valence-electron chi connectivity index (χ4n) is 1.03. The van der Waals surface area contributed by atoms with Crippen LogP contribution in [0, 0.1) is 6.92 Å². The van der Waals surface area contributed by atoms with Gasteiger partial charge in [0.05, 0.1) is 5.69 Å². The maximum Gasteiger partial charge on any atom is 0.327 e. The molecule has 1 rings (SSSR count). The Morgan fingerprint density at radius 1 is 1.53 bits per heavy atom. The van der Waals surface area contributed by atoms with E-state index >= 15 is 0 Å². The zero-order valence-corrected chi connectivity index (χ0v) is 8.47. The maximum absolute atomic E-state index is 10.4. The second kappa shape index (κ2) is 4.99. The van der Waals surface area contributed by atoms with Gasteiger partial charge in [0.1, 0.15) is 0 Å². The van der Waals surface area contributed by atoms with Crippen molar-refractivity contribution in [1.29, 1.82) is 0 Å². The van der Waals surface area contributed by atoms with Crippen LogP contribution in [0.1, 0.15) is 5.56 Å². The summed E-state index contributed by atoms with van der Waals surface area (Å²) in [4.78, 5) is 10.4. The van der Waals surface area contributed by atoms with Crippen molar-refractivity contribution in [3.63, 3.8) is 0 Å². The molecular formula is C10H13N3O2. The van der Waals surface area contributed by atoms with Crippen molar-refractivity contribution in [2.45, 2.75) is 6.92 Å². The number of nitrogens with one attached hydrogen (secondary N) is 1. The molecular weight excluding hydrogens is 194 g/mol. The Kier molecular flexibility index (Phi) is 3.68. The molecule has 0 aliphatic heterocycles. The van der Waals surface area contributed by atoms with Crippen LogP contribution in [0.2, 0.25) is 0 Å². The van der Waals surface area contributed by atoms with E-state index in [9.17, 15) is 4.79 Å². The minimum absolute atomic E-state index is 0.239. The van der Waals surface area contributed by atoms with Crippen LogP contribution in [-0.4, -0.2) is 29.5 Å². The first-order chi connectivity index (χ1) is 7.11. The lowest BCUT2D eigenvalue weighted by Crippen LogP contribution is -2.29. The second-order valence-electron chi connectivity index (χ2n) is 3.07. The van der Waals surface area contributed by atoms with Crippen molar-refractivity contribution in [2.75, 3.05) is 12.0 Å². The van der Waals surface area contributed by atoms with Crippen molar-refractivity contribution in [3.05, 3.63) is 29.8 Å². The number of aryl methyl sites for hydroxylation is 1. The van der Waals surface area contributed by atoms with Gasteiger partial charge in [-0.15, -0.1) is 0 Å². The molecule has 0 aromatic heterocycles. The Morgan fingerprint density at radius 3 is 2.60 bits per heavy atom. The second-order valence-corrected chi connectivity index (χ2v) is 3.07. The highest BCUT2D eigenvalue weighted by atomic mass is 16.4. The molecule has 0 fully saturated rings. The molecule has 5 heteroatoms. The first-order valence-corrected chi connectivity index (χ1v) is 4.41. The molecule has 1 aromatic rings. The fourth-order valence-corrected chi connectivity index (χ4v) is 1.03. The summed E-state index contributed by atoms with van der Waals surface area (Å²) in [5, 5.41) is 13.3. The van der Waals surface area contributed by atoms with E-state index in [0.717, 1.165) is 16.4 Å². The minimum Gasteiger partial charge on any atom is -0.480 e. The normalized spacial score (nSPS) is 9.40. The first kappa shape index (κ1) is 11.0. The highest BCUT2D eigenvalue weighted by Crippen LogP contribution is 2.09. The third-order valence-corrected chi connectivity index (χ3v) is 1.77. The van der Waals surface area contributed by atoms with E-state index in [4.69, 9.17) is 5.11 Å². The Bertz CT molecular complexity index is 348. The molecule has 0 radical (unpaired) electrons. The molecule has 0 atom stereocenters. The molecule has 0 bridgehead atoms. The van der Waals surface area contributed by atoms with Crippen molar-refractivity contribution in [1.82, 2.24) is 5.12 Å². The average molecular weight is 207 g/mol. The number of carboxylic acid groups (broad SMARTS) is 1. The highest BCUT2D eigenvalue weighted by Gasteiger charge is 2.05. The Balaban J connectivity index is 2.62. The summed E-state index contributed by atoms with van der Waals surface area (Å²) in [5.74, 6) is -0.970. The topological polar surface area (TPSA) is 64.9 Å². The number of rotatable bonds is 5. The van der Waals surface area contributed by atoms with E-state index in [1.807, 2.05) is 31.2 Å². The van der Waals surface area contributed by atoms with E-state index < -0.39 is 5.97 Å². The highest BCUT2D eigenvalue weighted by molar-refractivity contribution is 5.69. The van der Waals surface area contributed by atoms with Crippen molar-refractivity contribution in [3.8, 4) is 0 Å². The molecule has 0 aliphatic rings. The van der Waals surface area contributed by atoms with Crippen molar-refractivity contribution in [2.24, 2.45) is 5.10 Å². The summed E-state index contributed by atoms with van der Waals surface area (Å²) in [6.45, 7) is 5.02. The lowest BCUT2D eigenvalue weighted by molar-refractivity contribution is -0.137. The number of hydrogen-bond acceptors (Lipinski definition) is 4. The van der Waals surface area contributed by atoms with Crippen LogP contribution in [-0.2, 0) is 4.79 Å². The summed E-state index contributed by atoms with van der Waals surface area (Å²) in [6.07, 6.45) is 0. The van der Waals surface area contributed by atoms with Crippen molar-refractivity contribution < 1.29 is 9.90 Å². The van der Waals surface area contributed by atoms with Gasteiger partial charge in [-0.1, -0.05) is 17.7 Å². The molecule has 80 valence electrons. The number of hydrogen-bond donors (Lipinski definition) is 2. The summed E-state index contributed by atoms with van der Waals surface area (Å²) in [5.41, 5.74) is 4.72. The molecule has 15 heavy (non-hydrogen) atoms. The lowest BCUT2D eigenvalue weighted by Gasteiger charge is -2.18. The van der Waals surface area contributed by atoms with Crippen LogP contribution in [0.25, 0.3) is 0 Å². The predicted molar refractivity (Wildman–Crippen MR) is 58.7 cm³/mol.